The molecule has 0 aliphatic rings. The van der Waals surface area contributed by atoms with Crippen LogP contribution in [0.15, 0.2) is 30.3 Å². The summed E-state index contributed by atoms with van der Waals surface area (Å²) in [5.74, 6) is 0. The van der Waals surface area contributed by atoms with Crippen molar-refractivity contribution in [2.75, 3.05) is 13.1 Å². The lowest BCUT2D eigenvalue weighted by atomic mass is 10.1. The highest BCUT2D eigenvalue weighted by Gasteiger charge is 2.25. The number of aryl methyl sites for hydroxylation is 1. The number of alkyl halides is 3. The van der Waals surface area contributed by atoms with Crippen LogP contribution in [-0.4, -0.2) is 19.3 Å². The van der Waals surface area contributed by atoms with Gasteiger partial charge in [0.1, 0.15) is 0 Å². The zero-order valence-corrected chi connectivity index (χ0v) is 9.76. The van der Waals surface area contributed by atoms with E-state index in [1.165, 1.54) is 5.56 Å². The van der Waals surface area contributed by atoms with E-state index in [0.29, 0.717) is 6.54 Å². The maximum atomic E-state index is 11.8. The molecule has 0 heterocycles. The fraction of sp³-hybridized carbons (Fsp3) is 0.538. The molecule has 1 rings (SSSR count). The fourth-order valence-corrected chi connectivity index (χ4v) is 1.58. The van der Waals surface area contributed by atoms with E-state index in [1.807, 2.05) is 18.2 Å². The molecule has 0 atom stereocenters. The first-order valence-electron chi connectivity index (χ1n) is 5.89. The highest BCUT2D eigenvalue weighted by Crippen LogP contribution is 2.18. The molecule has 4 heteroatoms. The molecular weight excluding hydrogens is 227 g/mol. The second-order valence-corrected chi connectivity index (χ2v) is 4.06. The van der Waals surface area contributed by atoms with Gasteiger partial charge >= 0.3 is 6.18 Å². The van der Waals surface area contributed by atoms with Crippen molar-refractivity contribution in [3.8, 4) is 0 Å². The van der Waals surface area contributed by atoms with Gasteiger partial charge in [-0.2, -0.15) is 13.2 Å². The molecule has 1 aromatic rings. The van der Waals surface area contributed by atoms with Crippen LogP contribution in [0, 0.1) is 0 Å². The minimum Gasteiger partial charge on any atom is -0.316 e. The Balaban J connectivity index is 1.95. The Hall–Kier alpha value is -1.03. The zero-order valence-electron chi connectivity index (χ0n) is 9.76. The fourth-order valence-electron chi connectivity index (χ4n) is 1.58. The average Bonchev–Trinajstić information content (AvgIpc) is 2.28. The molecule has 0 fully saturated rings. The number of nitrogens with one attached hydrogen (secondary N) is 1. The Morgan fingerprint density at radius 1 is 0.941 bits per heavy atom. The standard InChI is InChI=1S/C13H18F3N/c14-13(15,16)9-11-17-10-5-4-8-12-6-2-1-3-7-12/h1-3,6-7,17H,4-5,8-11H2. The van der Waals surface area contributed by atoms with Gasteiger partial charge in [-0.1, -0.05) is 30.3 Å². The minimum absolute atomic E-state index is 0.0227. The lowest BCUT2D eigenvalue weighted by Gasteiger charge is -2.07. The molecular formula is C13H18F3N. The second kappa shape index (κ2) is 7.33. The van der Waals surface area contributed by atoms with E-state index in [-0.39, 0.29) is 6.54 Å². The van der Waals surface area contributed by atoms with Crippen molar-refractivity contribution in [3.05, 3.63) is 35.9 Å². The van der Waals surface area contributed by atoms with Crippen molar-refractivity contribution >= 4 is 0 Å². The van der Waals surface area contributed by atoms with Crippen molar-refractivity contribution < 1.29 is 13.2 Å². The number of benzene rings is 1. The first kappa shape index (κ1) is 14.0. The molecule has 17 heavy (non-hydrogen) atoms. The third kappa shape index (κ3) is 7.80. The van der Waals surface area contributed by atoms with E-state index in [0.717, 1.165) is 19.3 Å². The number of halogens is 3. The Kier molecular flexibility index (Phi) is 6.05. The monoisotopic (exact) mass is 245 g/mol. The Morgan fingerprint density at radius 3 is 2.29 bits per heavy atom. The number of unbranched alkanes of at least 4 members (excludes halogenated alkanes) is 1. The molecule has 0 aromatic heterocycles. The maximum absolute atomic E-state index is 11.8. The van der Waals surface area contributed by atoms with Gasteiger partial charge in [0.2, 0.25) is 0 Å². The summed E-state index contributed by atoms with van der Waals surface area (Å²) in [6, 6.07) is 10.1. The number of rotatable bonds is 7. The van der Waals surface area contributed by atoms with Gasteiger partial charge in [-0.05, 0) is 31.4 Å². The van der Waals surface area contributed by atoms with Gasteiger partial charge in [0, 0.05) is 6.54 Å². The first-order chi connectivity index (χ1) is 8.08. The number of hydrogen-bond donors (Lipinski definition) is 1. The van der Waals surface area contributed by atoms with E-state index in [2.05, 4.69) is 17.4 Å². The molecule has 1 nitrogen and oxygen atoms in total. The van der Waals surface area contributed by atoms with Crippen LogP contribution >= 0.6 is 0 Å². The Labute approximate surface area is 100 Å². The third-order valence-electron chi connectivity index (χ3n) is 2.50. The molecule has 0 aliphatic carbocycles. The van der Waals surface area contributed by atoms with Gasteiger partial charge in [-0.3, -0.25) is 0 Å². The van der Waals surface area contributed by atoms with Gasteiger partial charge in [-0.25, -0.2) is 0 Å². The summed E-state index contributed by atoms with van der Waals surface area (Å²) in [7, 11) is 0. The van der Waals surface area contributed by atoms with Crippen molar-refractivity contribution in [1.29, 1.82) is 0 Å². The summed E-state index contributed by atoms with van der Waals surface area (Å²) in [5, 5.41) is 2.81. The summed E-state index contributed by atoms with van der Waals surface area (Å²) in [5.41, 5.74) is 1.28. The third-order valence-corrected chi connectivity index (χ3v) is 2.50. The lowest BCUT2D eigenvalue weighted by Crippen LogP contribution is -2.22. The van der Waals surface area contributed by atoms with Crippen LogP contribution in [0.4, 0.5) is 13.2 Å². The number of hydrogen-bond acceptors (Lipinski definition) is 1. The van der Waals surface area contributed by atoms with Gasteiger partial charge < -0.3 is 5.32 Å². The summed E-state index contributed by atoms with van der Waals surface area (Å²) < 4.78 is 35.4. The van der Waals surface area contributed by atoms with E-state index >= 15 is 0 Å². The predicted molar refractivity (Wildman–Crippen MR) is 62.9 cm³/mol. The van der Waals surface area contributed by atoms with Crippen LogP contribution in [0.5, 0.6) is 0 Å². The molecule has 1 aromatic carbocycles. The van der Waals surface area contributed by atoms with Gasteiger partial charge in [0.25, 0.3) is 0 Å². The predicted octanol–water partition coefficient (Wildman–Crippen LogP) is 3.55. The van der Waals surface area contributed by atoms with Crippen LogP contribution in [-0.2, 0) is 6.42 Å². The average molecular weight is 245 g/mol. The summed E-state index contributed by atoms with van der Waals surface area (Å²) in [4.78, 5) is 0. The molecule has 0 spiro atoms. The van der Waals surface area contributed by atoms with E-state index in [1.54, 1.807) is 0 Å². The van der Waals surface area contributed by atoms with E-state index < -0.39 is 12.6 Å². The highest BCUT2D eigenvalue weighted by atomic mass is 19.4. The Morgan fingerprint density at radius 2 is 1.65 bits per heavy atom. The molecule has 0 unspecified atom stereocenters. The molecule has 0 bridgehead atoms. The molecule has 0 saturated carbocycles. The van der Waals surface area contributed by atoms with Gasteiger partial charge in [0.15, 0.2) is 0 Å². The molecule has 0 aliphatic heterocycles. The van der Waals surface area contributed by atoms with E-state index in [9.17, 15) is 13.2 Å². The van der Waals surface area contributed by atoms with E-state index in [4.69, 9.17) is 0 Å². The van der Waals surface area contributed by atoms with Crippen molar-refractivity contribution in [2.45, 2.75) is 31.9 Å². The zero-order chi connectivity index (χ0) is 12.6. The van der Waals surface area contributed by atoms with Crippen molar-refractivity contribution in [1.82, 2.24) is 5.32 Å². The first-order valence-corrected chi connectivity index (χ1v) is 5.89. The van der Waals surface area contributed by atoms with Crippen LogP contribution in [0.25, 0.3) is 0 Å². The Bertz CT molecular complexity index is 295. The SMILES string of the molecule is FC(F)(F)CCNCCCCc1ccccc1. The summed E-state index contributed by atoms with van der Waals surface area (Å²) in [6.07, 6.45) is -1.89. The molecule has 1 N–H and O–H groups in total. The molecule has 96 valence electrons. The maximum Gasteiger partial charge on any atom is 0.390 e. The van der Waals surface area contributed by atoms with Gasteiger partial charge in [-0.15, -0.1) is 0 Å². The van der Waals surface area contributed by atoms with Crippen molar-refractivity contribution in [2.24, 2.45) is 0 Å². The summed E-state index contributed by atoms with van der Waals surface area (Å²) >= 11 is 0. The van der Waals surface area contributed by atoms with Crippen LogP contribution in [0.2, 0.25) is 0 Å². The smallest absolute Gasteiger partial charge is 0.316 e. The summed E-state index contributed by atoms with van der Waals surface area (Å²) in [6.45, 7) is 0.678. The topological polar surface area (TPSA) is 12.0 Å². The minimum atomic E-state index is -4.04. The van der Waals surface area contributed by atoms with Crippen LogP contribution in [0.1, 0.15) is 24.8 Å². The van der Waals surface area contributed by atoms with Crippen LogP contribution < -0.4 is 5.32 Å². The van der Waals surface area contributed by atoms with Gasteiger partial charge in [0.05, 0.1) is 6.42 Å². The molecule has 0 amide bonds. The largest absolute Gasteiger partial charge is 0.390 e. The molecule has 0 saturated heterocycles. The quantitative estimate of drug-likeness (QED) is 0.724. The van der Waals surface area contributed by atoms with Crippen molar-refractivity contribution in [3.63, 3.8) is 0 Å². The molecule has 0 radical (unpaired) electrons. The normalized spacial score (nSPS) is 11.7. The lowest BCUT2D eigenvalue weighted by molar-refractivity contribution is -0.133. The second-order valence-electron chi connectivity index (χ2n) is 4.06. The van der Waals surface area contributed by atoms with Crippen LogP contribution in [0.3, 0.4) is 0 Å². The highest BCUT2D eigenvalue weighted by molar-refractivity contribution is 5.14.